The first-order valence-electron chi connectivity index (χ1n) is 6.45. The molecule has 19 heavy (non-hydrogen) atoms. The minimum Gasteiger partial charge on any atom is -0.339 e. The highest BCUT2D eigenvalue weighted by Gasteiger charge is 2.14. The van der Waals surface area contributed by atoms with Gasteiger partial charge in [0.25, 0.3) is 0 Å². The van der Waals surface area contributed by atoms with Crippen LogP contribution in [-0.2, 0) is 6.42 Å². The van der Waals surface area contributed by atoms with Crippen LogP contribution in [-0.4, -0.2) is 16.2 Å². The molecule has 0 amide bonds. The molecule has 1 aromatic carbocycles. The number of benzene rings is 1. The summed E-state index contributed by atoms with van der Waals surface area (Å²) in [7, 11) is 0. The summed E-state index contributed by atoms with van der Waals surface area (Å²) >= 11 is 0. The van der Waals surface area contributed by atoms with Gasteiger partial charge in [0.15, 0.2) is 0 Å². The monoisotopic (exact) mass is 263 g/mol. The molecule has 0 aliphatic rings. The average Bonchev–Trinajstić information content (AvgIpc) is 2.81. The summed E-state index contributed by atoms with van der Waals surface area (Å²) in [5.74, 6) is 0.602. The van der Waals surface area contributed by atoms with Crippen molar-refractivity contribution in [3.05, 3.63) is 35.5 Å². The zero-order chi connectivity index (χ0) is 13.8. The maximum atomic E-state index is 13.2. The summed E-state index contributed by atoms with van der Waals surface area (Å²) < 4.78 is 18.4. The highest BCUT2D eigenvalue weighted by molar-refractivity contribution is 5.59. The molecule has 0 fully saturated rings. The van der Waals surface area contributed by atoms with Crippen LogP contribution in [0.25, 0.3) is 11.4 Å². The first-order chi connectivity index (χ1) is 9.10. The number of rotatable bonds is 5. The Labute approximate surface area is 111 Å². The third-order valence-electron chi connectivity index (χ3n) is 3.00. The molecular weight excluding hydrogens is 245 g/mol. The van der Waals surface area contributed by atoms with Crippen molar-refractivity contribution in [2.75, 3.05) is 0 Å². The summed E-state index contributed by atoms with van der Waals surface area (Å²) in [5, 5.41) is 3.89. The van der Waals surface area contributed by atoms with E-state index >= 15 is 0 Å². The molecule has 1 unspecified atom stereocenters. The first kappa shape index (κ1) is 13.7. The van der Waals surface area contributed by atoms with Gasteiger partial charge in [0.2, 0.25) is 11.7 Å². The fourth-order valence-electron chi connectivity index (χ4n) is 1.98. The number of aromatic nitrogens is 2. The van der Waals surface area contributed by atoms with Gasteiger partial charge < -0.3 is 10.3 Å². The van der Waals surface area contributed by atoms with E-state index in [1.165, 1.54) is 12.1 Å². The molecule has 5 heteroatoms. The lowest BCUT2D eigenvalue weighted by atomic mass is 10.1. The standard InChI is InChI=1S/C14H18FN3O/c1-3-4-11(16)8-13-17-14(18-19-13)12-7-10(15)6-5-9(12)2/h5-7,11H,3-4,8,16H2,1-2H3. The van der Waals surface area contributed by atoms with Crippen LogP contribution in [0.4, 0.5) is 4.39 Å². The minimum atomic E-state index is -0.311. The zero-order valence-electron chi connectivity index (χ0n) is 11.2. The second kappa shape index (κ2) is 5.93. The van der Waals surface area contributed by atoms with Crippen LogP contribution in [0.1, 0.15) is 31.2 Å². The molecule has 1 atom stereocenters. The van der Waals surface area contributed by atoms with E-state index in [1.54, 1.807) is 6.07 Å². The summed E-state index contributed by atoms with van der Waals surface area (Å²) in [6.45, 7) is 3.96. The first-order valence-corrected chi connectivity index (χ1v) is 6.45. The molecule has 0 saturated carbocycles. The summed E-state index contributed by atoms with van der Waals surface area (Å²) in [6, 6.07) is 4.54. The van der Waals surface area contributed by atoms with E-state index in [1.807, 2.05) is 6.92 Å². The molecule has 0 radical (unpaired) electrons. The summed E-state index contributed by atoms with van der Waals surface area (Å²) in [4.78, 5) is 4.28. The van der Waals surface area contributed by atoms with Crippen molar-refractivity contribution in [1.82, 2.24) is 10.1 Å². The molecule has 0 bridgehead atoms. The topological polar surface area (TPSA) is 64.9 Å². The largest absolute Gasteiger partial charge is 0.339 e. The van der Waals surface area contributed by atoms with Crippen LogP contribution >= 0.6 is 0 Å². The maximum Gasteiger partial charge on any atom is 0.228 e. The van der Waals surface area contributed by atoms with Crippen LogP contribution < -0.4 is 5.73 Å². The Morgan fingerprint density at radius 1 is 1.42 bits per heavy atom. The van der Waals surface area contributed by atoms with E-state index in [0.29, 0.717) is 23.7 Å². The van der Waals surface area contributed by atoms with E-state index in [9.17, 15) is 4.39 Å². The molecule has 4 nitrogen and oxygen atoms in total. The molecule has 102 valence electrons. The summed E-state index contributed by atoms with van der Waals surface area (Å²) in [5.41, 5.74) is 7.49. The van der Waals surface area contributed by atoms with Crippen LogP contribution in [0.15, 0.2) is 22.7 Å². The number of hydrogen-bond donors (Lipinski definition) is 1. The van der Waals surface area contributed by atoms with Crippen molar-refractivity contribution in [2.45, 2.75) is 39.2 Å². The molecule has 0 spiro atoms. The molecule has 1 aromatic heterocycles. The van der Waals surface area contributed by atoms with Gasteiger partial charge in [-0.15, -0.1) is 0 Å². The molecule has 0 aliphatic carbocycles. The van der Waals surface area contributed by atoms with Crippen LogP contribution in [0.3, 0.4) is 0 Å². The van der Waals surface area contributed by atoms with Crippen molar-refractivity contribution in [3.8, 4) is 11.4 Å². The fraction of sp³-hybridized carbons (Fsp3) is 0.429. The van der Waals surface area contributed by atoms with Crippen LogP contribution in [0.2, 0.25) is 0 Å². The van der Waals surface area contributed by atoms with Crippen molar-refractivity contribution in [1.29, 1.82) is 0 Å². The number of aryl methyl sites for hydroxylation is 1. The zero-order valence-corrected chi connectivity index (χ0v) is 11.2. The lowest BCUT2D eigenvalue weighted by molar-refractivity contribution is 0.366. The number of nitrogens with zero attached hydrogens (tertiary/aromatic N) is 2. The smallest absolute Gasteiger partial charge is 0.228 e. The van der Waals surface area contributed by atoms with Gasteiger partial charge in [0.05, 0.1) is 0 Å². The molecule has 0 aliphatic heterocycles. The number of halogens is 1. The van der Waals surface area contributed by atoms with E-state index in [-0.39, 0.29) is 11.9 Å². The average molecular weight is 263 g/mol. The van der Waals surface area contributed by atoms with Crippen LogP contribution in [0.5, 0.6) is 0 Å². The highest BCUT2D eigenvalue weighted by Crippen LogP contribution is 2.21. The van der Waals surface area contributed by atoms with E-state index in [2.05, 4.69) is 17.1 Å². The third kappa shape index (κ3) is 3.38. The Hall–Kier alpha value is -1.75. The molecule has 1 heterocycles. The summed E-state index contributed by atoms with van der Waals surface area (Å²) in [6.07, 6.45) is 2.48. The van der Waals surface area contributed by atoms with Crippen molar-refractivity contribution in [3.63, 3.8) is 0 Å². The molecule has 2 rings (SSSR count). The van der Waals surface area contributed by atoms with E-state index in [4.69, 9.17) is 10.3 Å². The third-order valence-corrected chi connectivity index (χ3v) is 3.00. The van der Waals surface area contributed by atoms with Crippen LogP contribution in [0, 0.1) is 12.7 Å². The second-order valence-corrected chi connectivity index (χ2v) is 4.72. The van der Waals surface area contributed by atoms with Gasteiger partial charge in [-0.25, -0.2) is 4.39 Å². The van der Waals surface area contributed by atoms with Gasteiger partial charge in [0.1, 0.15) is 5.82 Å². The Morgan fingerprint density at radius 2 is 2.21 bits per heavy atom. The molecule has 2 N–H and O–H groups in total. The van der Waals surface area contributed by atoms with Gasteiger partial charge >= 0.3 is 0 Å². The van der Waals surface area contributed by atoms with E-state index < -0.39 is 0 Å². The fourth-order valence-corrected chi connectivity index (χ4v) is 1.98. The molecule has 0 saturated heterocycles. The van der Waals surface area contributed by atoms with E-state index in [0.717, 1.165) is 18.4 Å². The Bertz CT molecular complexity index is 553. The predicted octanol–water partition coefficient (Wildman–Crippen LogP) is 2.85. The molecular formula is C14H18FN3O. The Morgan fingerprint density at radius 3 is 2.95 bits per heavy atom. The highest BCUT2D eigenvalue weighted by atomic mass is 19.1. The number of hydrogen-bond acceptors (Lipinski definition) is 4. The predicted molar refractivity (Wildman–Crippen MR) is 71.0 cm³/mol. The Balaban J connectivity index is 2.18. The van der Waals surface area contributed by atoms with Gasteiger partial charge in [0, 0.05) is 18.0 Å². The SMILES string of the molecule is CCCC(N)Cc1nc(-c2cc(F)ccc2C)no1. The lowest BCUT2D eigenvalue weighted by Gasteiger charge is -2.05. The van der Waals surface area contributed by atoms with Crippen molar-refractivity contribution in [2.24, 2.45) is 5.73 Å². The lowest BCUT2D eigenvalue weighted by Crippen LogP contribution is -2.22. The molecule has 2 aromatic rings. The number of nitrogens with two attached hydrogens (primary N) is 1. The van der Waals surface area contributed by atoms with Gasteiger partial charge in [-0.05, 0) is 31.0 Å². The maximum absolute atomic E-state index is 13.2. The van der Waals surface area contributed by atoms with Gasteiger partial charge in [-0.2, -0.15) is 4.98 Å². The van der Waals surface area contributed by atoms with Gasteiger partial charge in [-0.3, -0.25) is 0 Å². The van der Waals surface area contributed by atoms with Gasteiger partial charge in [-0.1, -0.05) is 24.6 Å². The Kier molecular flexibility index (Phi) is 4.27. The minimum absolute atomic E-state index is 0.0203. The second-order valence-electron chi connectivity index (χ2n) is 4.72. The quantitative estimate of drug-likeness (QED) is 0.900. The van der Waals surface area contributed by atoms with Crippen molar-refractivity contribution < 1.29 is 8.91 Å². The van der Waals surface area contributed by atoms with Crippen molar-refractivity contribution >= 4 is 0 Å². The normalized spacial score (nSPS) is 12.6.